The number of nitrogen functional groups attached to an aromatic ring is 1. The molecular formula is C43H40N2. The first-order valence-electron chi connectivity index (χ1n) is 15.6. The Hall–Kier alpha value is -5.34. The zero-order valence-corrected chi connectivity index (χ0v) is 26.2. The number of aryl methyl sites for hydroxylation is 1. The van der Waals surface area contributed by atoms with Crippen molar-refractivity contribution in [3.05, 3.63) is 209 Å². The van der Waals surface area contributed by atoms with Gasteiger partial charge in [0.05, 0.1) is 5.41 Å². The molecule has 0 aliphatic heterocycles. The largest absolute Gasteiger partial charge is 0.398 e. The summed E-state index contributed by atoms with van der Waals surface area (Å²) in [6.07, 6.45) is 12.1. The van der Waals surface area contributed by atoms with Crippen LogP contribution in [0.3, 0.4) is 0 Å². The number of para-hydroxylation sites is 1. The van der Waals surface area contributed by atoms with Gasteiger partial charge in [0, 0.05) is 24.5 Å². The van der Waals surface area contributed by atoms with Gasteiger partial charge in [0.2, 0.25) is 0 Å². The van der Waals surface area contributed by atoms with E-state index in [-0.39, 0.29) is 0 Å². The van der Waals surface area contributed by atoms with E-state index >= 15 is 0 Å². The second-order valence-corrected chi connectivity index (χ2v) is 11.7. The fraction of sp³-hybridized carbons (Fsp3) is 0.116. The lowest BCUT2D eigenvalue weighted by Gasteiger charge is -2.34. The van der Waals surface area contributed by atoms with Gasteiger partial charge in [-0.1, -0.05) is 158 Å². The van der Waals surface area contributed by atoms with E-state index in [0.29, 0.717) is 6.54 Å². The molecule has 45 heavy (non-hydrogen) atoms. The summed E-state index contributed by atoms with van der Waals surface area (Å²) < 4.78 is 0. The molecule has 2 N–H and O–H groups in total. The van der Waals surface area contributed by atoms with Gasteiger partial charge >= 0.3 is 0 Å². The SMILES string of the molecule is C=C\C=C/C=C\C(=C\C)N(Cc1ccc2c(c1)C(c1ccccc1)(c1ccccc1)c1cc(C)ccc1-2)Cc1ccccc1N. The van der Waals surface area contributed by atoms with Gasteiger partial charge in [0.25, 0.3) is 0 Å². The van der Waals surface area contributed by atoms with Crippen LogP contribution in [-0.4, -0.2) is 4.90 Å². The average molecular weight is 585 g/mol. The number of fused-ring (bicyclic) bond motifs is 3. The third-order valence-corrected chi connectivity index (χ3v) is 8.85. The molecule has 0 amide bonds. The van der Waals surface area contributed by atoms with Crippen molar-refractivity contribution in [3.63, 3.8) is 0 Å². The lowest BCUT2D eigenvalue weighted by Crippen LogP contribution is -2.29. The molecule has 2 heteroatoms. The first kappa shape index (κ1) is 29.7. The number of allylic oxidation sites excluding steroid dienone is 6. The molecule has 0 atom stereocenters. The lowest BCUT2D eigenvalue weighted by atomic mass is 9.67. The van der Waals surface area contributed by atoms with E-state index in [4.69, 9.17) is 5.73 Å². The molecule has 222 valence electrons. The molecule has 6 rings (SSSR count). The third kappa shape index (κ3) is 5.68. The van der Waals surface area contributed by atoms with Crippen molar-refractivity contribution in [1.29, 1.82) is 0 Å². The maximum atomic E-state index is 6.46. The van der Waals surface area contributed by atoms with E-state index in [1.807, 2.05) is 24.3 Å². The highest BCUT2D eigenvalue weighted by atomic mass is 15.1. The Bertz CT molecular complexity index is 1850. The quantitative estimate of drug-likeness (QED) is 0.128. The number of anilines is 1. The fourth-order valence-corrected chi connectivity index (χ4v) is 6.77. The summed E-state index contributed by atoms with van der Waals surface area (Å²) in [5, 5.41) is 0. The van der Waals surface area contributed by atoms with Crippen LogP contribution in [0.25, 0.3) is 11.1 Å². The molecule has 0 aromatic heterocycles. The van der Waals surface area contributed by atoms with Crippen LogP contribution >= 0.6 is 0 Å². The molecule has 0 fully saturated rings. The topological polar surface area (TPSA) is 29.3 Å². The van der Waals surface area contributed by atoms with Gasteiger partial charge in [0.1, 0.15) is 0 Å². The monoisotopic (exact) mass is 584 g/mol. The Balaban J connectivity index is 1.52. The molecule has 0 spiro atoms. The first-order valence-corrected chi connectivity index (χ1v) is 15.6. The van der Waals surface area contributed by atoms with Gasteiger partial charge in [-0.3, -0.25) is 0 Å². The summed E-state index contributed by atoms with van der Waals surface area (Å²) in [4.78, 5) is 2.41. The summed E-state index contributed by atoms with van der Waals surface area (Å²) in [6, 6.07) is 44.1. The molecule has 0 bridgehead atoms. The van der Waals surface area contributed by atoms with Crippen LogP contribution in [0.2, 0.25) is 0 Å². The van der Waals surface area contributed by atoms with Crippen LogP contribution in [0, 0.1) is 6.92 Å². The molecule has 5 aromatic rings. The van der Waals surface area contributed by atoms with E-state index < -0.39 is 5.41 Å². The molecule has 0 saturated heterocycles. The third-order valence-electron chi connectivity index (χ3n) is 8.85. The number of rotatable bonds is 10. The molecule has 5 aromatic carbocycles. The van der Waals surface area contributed by atoms with Gasteiger partial charge in [-0.15, -0.1) is 0 Å². The predicted molar refractivity (Wildman–Crippen MR) is 191 cm³/mol. The second-order valence-electron chi connectivity index (χ2n) is 11.7. The van der Waals surface area contributed by atoms with E-state index in [0.717, 1.165) is 23.5 Å². The summed E-state index contributed by atoms with van der Waals surface area (Å²) >= 11 is 0. The van der Waals surface area contributed by atoms with Crippen molar-refractivity contribution in [2.75, 3.05) is 5.73 Å². The Morgan fingerprint density at radius 2 is 1.33 bits per heavy atom. The predicted octanol–water partition coefficient (Wildman–Crippen LogP) is 10.1. The minimum absolute atomic E-state index is 0.428. The minimum Gasteiger partial charge on any atom is -0.398 e. The maximum Gasteiger partial charge on any atom is 0.0713 e. The van der Waals surface area contributed by atoms with Gasteiger partial charge in [-0.05, 0) is 70.5 Å². The van der Waals surface area contributed by atoms with Crippen molar-refractivity contribution >= 4 is 5.69 Å². The van der Waals surface area contributed by atoms with E-state index in [1.165, 1.54) is 44.5 Å². The van der Waals surface area contributed by atoms with Crippen LogP contribution in [0.1, 0.15) is 45.9 Å². The lowest BCUT2D eigenvalue weighted by molar-refractivity contribution is 0.339. The van der Waals surface area contributed by atoms with Crippen molar-refractivity contribution in [1.82, 2.24) is 4.90 Å². The van der Waals surface area contributed by atoms with Crippen LogP contribution < -0.4 is 5.73 Å². The zero-order valence-electron chi connectivity index (χ0n) is 26.2. The average Bonchev–Trinajstić information content (AvgIpc) is 3.35. The van der Waals surface area contributed by atoms with Gasteiger partial charge in [-0.2, -0.15) is 0 Å². The van der Waals surface area contributed by atoms with Crippen molar-refractivity contribution in [3.8, 4) is 11.1 Å². The number of hydrogen-bond acceptors (Lipinski definition) is 2. The molecule has 1 aliphatic carbocycles. The molecule has 2 nitrogen and oxygen atoms in total. The summed E-state index contributed by atoms with van der Waals surface area (Å²) in [5.74, 6) is 0. The first-order chi connectivity index (χ1) is 22.1. The molecule has 1 aliphatic rings. The fourth-order valence-electron chi connectivity index (χ4n) is 6.77. The zero-order chi connectivity index (χ0) is 31.2. The number of nitrogens with zero attached hydrogens (tertiary/aromatic N) is 1. The van der Waals surface area contributed by atoms with Crippen LogP contribution in [-0.2, 0) is 18.5 Å². The molecular weight excluding hydrogens is 544 g/mol. The Morgan fingerprint density at radius 3 is 1.98 bits per heavy atom. The smallest absolute Gasteiger partial charge is 0.0713 e. The normalized spacial score (nSPS) is 13.6. The second kappa shape index (κ2) is 13.1. The van der Waals surface area contributed by atoms with Gasteiger partial charge < -0.3 is 10.6 Å². The van der Waals surface area contributed by atoms with E-state index in [2.05, 4.69) is 153 Å². The van der Waals surface area contributed by atoms with Crippen LogP contribution in [0.15, 0.2) is 170 Å². The van der Waals surface area contributed by atoms with Crippen LogP contribution in [0.5, 0.6) is 0 Å². The Morgan fingerprint density at radius 1 is 0.711 bits per heavy atom. The van der Waals surface area contributed by atoms with Crippen molar-refractivity contribution in [2.24, 2.45) is 0 Å². The molecule has 0 radical (unpaired) electrons. The highest BCUT2D eigenvalue weighted by Crippen LogP contribution is 2.56. The molecule has 0 saturated carbocycles. The highest BCUT2D eigenvalue weighted by molar-refractivity contribution is 5.86. The maximum absolute atomic E-state index is 6.46. The van der Waals surface area contributed by atoms with E-state index in [9.17, 15) is 0 Å². The number of hydrogen-bond donors (Lipinski definition) is 1. The Kier molecular flexibility index (Phi) is 8.66. The van der Waals surface area contributed by atoms with Gasteiger partial charge in [0.15, 0.2) is 0 Å². The van der Waals surface area contributed by atoms with E-state index in [1.54, 1.807) is 6.08 Å². The summed E-state index contributed by atoms with van der Waals surface area (Å²) in [5.41, 5.74) is 19.4. The molecule has 0 heterocycles. The van der Waals surface area contributed by atoms with Gasteiger partial charge in [-0.25, -0.2) is 0 Å². The number of benzene rings is 5. The van der Waals surface area contributed by atoms with Crippen LogP contribution in [0.4, 0.5) is 5.69 Å². The summed E-state index contributed by atoms with van der Waals surface area (Å²) in [7, 11) is 0. The molecule has 0 unspecified atom stereocenters. The highest BCUT2D eigenvalue weighted by Gasteiger charge is 2.46. The minimum atomic E-state index is -0.428. The number of nitrogens with two attached hydrogens (primary N) is 1. The Labute approximate surface area is 268 Å². The van der Waals surface area contributed by atoms with Crippen molar-refractivity contribution < 1.29 is 0 Å². The van der Waals surface area contributed by atoms with Crippen molar-refractivity contribution in [2.45, 2.75) is 32.4 Å². The summed E-state index contributed by atoms with van der Waals surface area (Å²) in [6.45, 7) is 9.51. The standard InChI is InChI=1S/C43H40N2/c1-4-6-7-14-22-37(5-2)45(31-34-17-15-16-23-42(34)44)30-33-25-27-39-38-26-24-32(3)28-40(38)43(41(39)29-33,35-18-10-8-11-19-35)36-20-12-9-13-21-36/h4-29H,1,30-31,44H2,2-3H3/b7-6-,22-14-,37-5-.